The lowest BCUT2D eigenvalue weighted by Crippen LogP contribution is -2.12. The summed E-state index contributed by atoms with van der Waals surface area (Å²) in [6.07, 6.45) is 1.69. The summed E-state index contributed by atoms with van der Waals surface area (Å²) < 4.78 is 5.10. The van der Waals surface area contributed by atoms with E-state index in [0.29, 0.717) is 5.56 Å². The first-order chi connectivity index (χ1) is 8.70. The second kappa shape index (κ2) is 5.55. The maximum absolute atomic E-state index is 7.51. The fourth-order valence-electron chi connectivity index (χ4n) is 1.43. The summed E-state index contributed by atoms with van der Waals surface area (Å²) in [6, 6.07) is 11.2. The van der Waals surface area contributed by atoms with Crippen LogP contribution in [0.25, 0.3) is 0 Å². The summed E-state index contributed by atoms with van der Waals surface area (Å²) in [5.74, 6) is 0.839. The van der Waals surface area contributed by atoms with E-state index in [1.54, 1.807) is 25.4 Å². The number of aromatic nitrogens is 1. The van der Waals surface area contributed by atoms with Crippen molar-refractivity contribution in [2.75, 3.05) is 7.11 Å². The van der Waals surface area contributed by atoms with Gasteiger partial charge in [-0.15, -0.1) is 0 Å². The monoisotopic (exact) mass is 259 g/mol. The van der Waals surface area contributed by atoms with Crippen molar-refractivity contribution >= 4 is 17.6 Å². The molecule has 0 spiro atoms. The van der Waals surface area contributed by atoms with E-state index in [1.165, 1.54) is 11.8 Å². The second-order valence-corrected chi connectivity index (χ2v) is 4.61. The van der Waals surface area contributed by atoms with Crippen LogP contribution in [0.1, 0.15) is 5.56 Å². The van der Waals surface area contributed by atoms with Gasteiger partial charge in [-0.1, -0.05) is 11.8 Å². The topological polar surface area (TPSA) is 72.0 Å². The molecule has 1 aromatic heterocycles. The van der Waals surface area contributed by atoms with Gasteiger partial charge in [0, 0.05) is 16.7 Å². The van der Waals surface area contributed by atoms with Crippen molar-refractivity contribution in [1.82, 2.24) is 4.98 Å². The van der Waals surface area contributed by atoms with Gasteiger partial charge in [0.2, 0.25) is 0 Å². The first-order valence-electron chi connectivity index (χ1n) is 5.32. The Hall–Kier alpha value is -2.01. The number of amidine groups is 1. The molecule has 1 heterocycles. The van der Waals surface area contributed by atoms with Gasteiger partial charge in [-0.05, 0) is 36.4 Å². The Balaban J connectivity index is 2.25. The van der Waals surface area contributed by atoms with Crippen molar-refractivity contribution in [3.05, 3.63) is 48.2 Å². The summed E-state index contributed by atoms with van der Waals surface area (Å²) in [5, 5.41) is 8.24. The van der Waals surface area contributed by atoms with E-state index in [-0.39, 0.29) is 5.84 Å². The summed E-state index contributed by atoms with van der Waals surface area (Å²) >= 11 is 1.47. The zero-order valence-corrected chi connectivity index (χ0v) is 10.7. The van der Waals surface area contributed by atoms with E-state index in [9.17, 15) is 0 Å². The molecule has 0 atom stereocenters. The largest absolute Gasteiger partial charge is 0.497 e. The molecule has 2 aromatic rings. The Morgan fingerprint density at radius 2 is 2.00 bits per heavy atom. The standard InChI is InChI=1S/C13H13N3OS/c1-17-9-4-6-10(7-5-9)18-13-11(12(14)15)3-2-8-16-13/h2-8H,1H3,(H3,14,15). The molecule has 0 aliphatic heterocycles. The van der Waals surface area contributed by atoms with Crippen LogP contribution in [0.5, 0.6) is 5.75 Å². The third-order valence-electron chi connectivity index (χ3n) is 2.34. The van der Waals surface area contributed by atoms with Crippen LogP contribution < -0.4 is 10.5 Å². The molecule has 92 valence electrons. The van der Waals surface area contributed by atoms with E-state index in [0.717, 1.165) is 15.7 Å². The number of pyridine rings is 1. The van der Waals surface area contributed by atoms with Crippen LogP contribution in [0, 0.1) is 5.41 Å². The van der Waals surface area contributed by atoms with E-state index >= 15 is 0 Å². The number of rotatable bonds is 4. The average Bonchev–Trinajstić information content (AvgIpc) is 2.40. The first-order valence-corrected chi connectivity index (χ1v) is 6.13. The number of hydrogen-bond donors (Lipinski definition) is 2. The van der Waals surface area contributed by atoms with Crippen LogP contribution in [-0.2, 0) is 0 Å². The minimum absolute atomic E-state index is 0.0270. The molecule has 0 unspecified atom stereocenters. The van der Waals surface area contributed by atoms with Crippen LogP contribution in [0.15, 0.2) is 52.5 Å². The highest BCUT2D eigenvalue weighted by Gasteiger charge is 2.07. The first kappa shape index (κ1) is 12.4. The van der Waals surface area contributed by atoms with Crippen LogP contribution in [0.3, 0.4) is 0 Å². The van der Waals surface area contributed by atoms with Gasteiger partial charge >= 0.3 is 0 Å². The summed E-state index contributed by atoms with van der Waals surface area (Å²) in [4.78, 5) is 5.27. The van der Waals surface area contributed by atoms with Crippen LogP contribution in [0.2, 0.25) is 0 Å². The number of hydrogen-bond acceptors (Lipinski definition) is 4. The lowest BCUT2D eigenvalue weighted by molar-refractivity contribution is 0.414. The molecule has 0 saturated heterocycles. The smallest absolute Gasteiger partial charge is 0.125 e. The second-order valence-electron chi connectivity index (χ2n) is 3.55. The van der Waals surface area contributed by atoms with Crippen molar-refractivity contribution in [3.63, 3.8) is 0 Å². The molecule has 2 rings (SSSR count). The number of nitrogens with zero attached hydrogens (tertiary/aromatic N) is 1. The maximum atomic E-state index is 7.51. The number of nitrogens with two attached hydrogens (primary N) is 1. The van der Waals surface area contributed by atoms with Crippen molar-refractivity contribution in [3.8, 4) is 5.75 Å². The Labute approximate surface area is 110 Å². The van der Waals surface area contributed by atoms with E-state index in [2.05, 4.69) is 4.98 Å². The minimum Gasteiger partial charge on any atom is -0.497 e. The molecule has 4 nitrogen and oxygen atoms in total. The molecule has 18 heavy (non-hydrogen) atoms. The highest BCUT2D eigenvalue weighted by molar-refractivity contribution is 7.99. The van der Waals surface area contributed by atoms with Gasteiger partial charge in [0.15, 0.2) is 0 Å². The highest BCUT2D eigenvalue weighted by Crippen LogP contribution is 2.29. The molecule has 0 aliphatic rings. The van der Waals surface area contributed by atoms with Gasteiger partial charge < -0.3 is 10.5 Å². The van der Waals surface area contributed by atoms with E-state index in [1.807, 2.05) is 24.3 Å². The zero-order valence-electron chi connectivity index (χ0n) is 9.88. The van der Waals surface area contributed by atoms with Gasteiger partial charge in [0.25, 0.3) is 0 Å². The molecule has 5 heteroatoms. The lowest BCUT2D eigenvalue weighted by Gasteiger charge is -2.06. The van der Waals surface area contributed by atoms with Crippen molar-refractivity contribution in [2.24, 2.45) is 5.73 Å². The van der Waals surface area contributed by atoms with Gasteiger partial charge in [-0.2, -0.15) is 0 Å². The third-order valence-corrected chi connectivity index (χ3v) is 3.36. The molecule has 0 radical (unpaired) electrons. The minimum atomic E-state index is 0.0270. The molecule has 0 amide bonds. The predicted molar refractivity (Wildman–Crippen MR) is 72.4 cm³/mol. The summed E-state index contributed by atoms with van der Waals surface area (Å²) in [7, 11) is 1.63. The Morgan fingerprint density at radius 1 is 1.28 bits per heavy atom. The van der Waals surface area contributed by atoms with Gasteiger partial charge in [0.05, 0.1) is 7.11 Å². The fraction of sp³-hybridized carbons (Fsp3) is 0.0769. The SMILES string of the molecule is COc1ccc(Sc2ncccc2C(=N)N)cc1. The van der Waals surface area contributed by atoms with Crippen molar-refractivity contribution in [2.45, 2.75) is 9.92 Å². The average molecular weight is 259 g/mol. The van der Waals surface area contributed by atoms with Gasteiger partial charge in [0.1, 0.15) is 16.6 Å². The maximum Gasteiger partial charge on any atom is 0.125 e. The molecule has 0 aliphatic carbocycles. The van der Waals surface area contributed by atoms with Crippen LogP contribution in [-0.4, -0.2) is 17.9 Å². The van der Waals surface area contributed by atoms with Gasteiger partial charge in [-0.3, -0.25) is 5.41 Å². The Morgan fingerprint density at radius 3 is 2.61 bits per heavy atom. The van der Waals surface area contributed by atoms with Crippen LogP contribution in [0.4, 0.5) is 0 Å². The fourth-order valence-corrected chi connectivity index (χ4v) is 2.33. The van der Waals surface area contributed by atoms with Crippen LogP contribution >= 0.6 is 11.8 Å². The summed E-state index contributed by atoms with van der Waals surface area (Å²) in [6.45, 7) is 0. The summed E-state index contributed by atoms with van der Waals surface area (Å²) in [5.41, 5.74) is 6.18. The molecule has 0 fully saturated rings. The lowest BCUT2D eigenvalue weighted by atomic mass is 10.3. The molecular weight excluding hydrogens is 246 g/mol. The normalized spacial score (nSPS) is 10.1. The third kappa shape index (κ3) is 2.81. The highest BCUT2D eigenvalue weighted by atomic mass is 32.2. The quantitative estimate of drug-likeness (QED) is 0.653. The Kier molecular flexibility index (Phi) is 3.84. The molecule has 1 aromatic carbocycles. The number of ether oxygens (including phenoxy) is 1. The van der Waals surface area contributed by atoms with E-state index < -0.39 is 0 Å². The van der Waals surface area contributed by atoms with Gasteiger partial charge in [-0.25, -0.2) is 4.98 Å². The Bertz CT molecular complexity index is 554. The predicted octanol–water partition coefficient (Wildman–Crippen LogP) is 2.53. The molecule has 3 N–H and O–H groups in total. The number of methoxy groups -OCH3 is 1. The number of benzene rings is 1. The molecule has 0 bridgehead atoms. The molecule has 0 saturated carbocycles. The van der Waals surface area contributed by atoms with Crippen molar-refractivity contribution < 1.29 is 4.74 Å². The van der Waals surface area contributed by atoms with E-state index in [4.69, 9.17) is 15.9 Å². The molecular formula is C13H13N3OS. The number of nitrogen functional groups attached to an aromatic ring is 1. The number of nitrogens with one attached hydrogen (secondary N) is 1. The zero-order chi connectivity index (χ0) is 13.0. The van der Waals surface area contributed by atoms with Crippen molar-refractivity contribution in [1.29, 1.82) is 5.41 Å².